The van der Waals surface area contributed by atoms with Gasteiger partial charge in [0.15, 0.2) is 0 Å². The highest BCUT2D eigenvalue weighted by molar-refractivity contribution is 5.01. The minimum Gasteiger partial charge on any atom is -0.311 e. The number of nitrogens with zero attached hydrogens (tertiary/aromatic N) is 4. The maximum Gasteiger partial charge on any atom is 0.141 e. The van der Waals surface area contributed by atoms with Gasteiger partial charge in [-0.3, -0.25) is 4.90 Å². The first kappa shape index (κ1) is 15.0. The van der Waals surface area contributed by atoms with Crippen molar-refractivity contribution in [3.8, 4) is 0 Å². The topological polar surface area (TPSA) is 46.0 Å². The molecule has 3 rings (SSSR count). The predicted molar refractivity (Wildman–Crippen MR) is 83.9 cm³/mol. The molecule has 1 aromatic heterocycles. The Bertz CT molecular complexity index is 467. The lowest BCUT2D eigenvalue weighted by molar-refractivity contribution is 0.0336. The van der Waals surface area contributed by atoms with Crippen molar-refractivity contribution in [1.82, 2.24) is 25.0 Å². The van der Waals surface area contributed by atoms with E-state index in [4.69, 9.17) is 0 Å². The molecule has 2 heterocycles. The predicted octanol–water partition coefficient (Wildman–Crippen LogP) is 2.04. The molecule has 5 nitrogen and oxygen atoms in total. The molecule has 0 spiro atoms. The normalized spacial score (nSPS) is 30.7. The van der Waals surface area contributed by atoms with Crippen LogP contribution in [0.25, 0.3) is 0 Å². The van der Waals surface area contributed by atoms with Crippen LogP contribution in [0.15, 0.2) is 6.33 Å². The molecule has 5 heteroatoms. The van der Waals surface area contributed by atoms with Crippen LogP contribution in [-0.4, -0.2) is 44.3 Å². The first-order valence-electron chi connectivity index (χ1n) is 8.51. The Morgan fingerprint density at radius 2 is 2.19 bits per heavy atom. The van der Waals surface area contributed by atoms with Gasteiger partial charge >= 0.3 is 0 Å². The molecule has 2 unspecified atom stereocenters. The fraction of sp³-hybridized carbons (Fsp3) is 0.875. The molecule has 1 aromatic rings. The third kappa shape index (κ3) is 3.14. The quantitative estimate of drug-likeness (QED) is 0.871. The fourth-order valence-electron chi connectivity index (χ4n) is 3.38. The average molecular weight is 291 g/mol. The van der Waals surface area contributed by atoms with Crippen molar-refractivity contribution in [1.29, 1.82) is 0 Å². The van der Waals surface area contributed by atoms with Crippen molar-refractivity contribution in [2.24, 2.45) is 5.92 Å². The molecule has 1 saturated carbocycles. The summed E-state index contributed by atoms with van der Waals surface area (Å²) in [6.07, 6.45) is 6.78. The molecule has 2 atom stereocenters. The van der Waals surface area contributed by atoms with E-state index in [2.05, 4.69) is 45.8 Å². The Morgan fingerprint density at radius 3 is 2.86 bits per heavy atom. The zero-order valence-electron chi connectivity index (χ0n) is 13.7. The SMILES string of the molecule is CCCn1ncnc1CN1CC(C2CC2)NCC1(C)CC. The molecule has 0 aromatic carbocycles. The number of hydrogen-bond acceptors (Lipinski definition) is 4. The molecule has 118 valence electrons. The van der Waals surface area contributed by atoms with Crippen molar-refractivity contribution in [3.05, 3.63) is 12.2 Å². The highest BCUT2D eigenvalue weighted by Gasteiger charge is 2.42. The molecular weight excluding hydrogens is 262 g/mol. The number of aromatic nitrogens is 3. The van der Waals surface area contributed by atoms with Crippen LogP contribution in [0.4, 0.5) is 0 Å². The lowest BCUT2D eigenvalue weighted by Crippen LogP contribution is -2.63. The van der Waals surface area contributed by atoms with E-state index in [0.29, 0.717) is 6.04 Å². The fourth-order valence-corrected chi connectivity index (χ4v) is 3.38. The van der Waals surface area contributed by atoms with Gasteiger partial charge in [-0.15, -0.1) is 0 Å². The summed E-state index contributed by atoms with van der Waals surface area (Å²) in [4.78, 5) is 7.15. The summed E-state index contributed by atoms with van der Waals surface area (Å²) in [5, 5.41) is 8.16. The highest BCUT2D eigenvalue weighted by atomic mass is 15.4. The molecule has 2 aliphatic rings. The monoisotopic (exact) mass is 291 g/mol. The summed E-state index contributed by atoms with van der Waals surface area (Å²) in [7, 11) is 0. The summed E-state index contributed by atoms with van der Waals surface area (Å²) < 4.78 is 2.07. The van der Waals surface area contributed by atoms with E-state index >= 15 is 0 Å². The smallest absolute Gasteiger partial charge is 0.141 e. The van der Waals surface area contributed by atoms with Gasteiger partial charge in [0.05, 0.1) is 6.54 Å². The largest absolute Gasteiger partial charge is 0.311 e. The van der Waals surface area contributed by atoms with Crippen LogP contribution in [0.3, 0.4) is 0 Å². The van der Waals surface area contributed by atoms with Gasteiger partial charge in [-0.05, 0) is 38.5 Å². The van der Waals surface area contributed by atoms with E-state index in [9.17, 15) is 0 Å². The van der Waals surface area contributed by atoms with Gasteiger partial charge in [-0.1, -0.05) is 13.8 Å². The highest BCUT2D eigenvalue weighted by Crippen LogP contribution is 2.36. The zero-order chi connectivity index (χ0) is 14.9. The molecule has 1 N–H and O–H groups in total. The van der Waals surface area contributed by atoms with Crippen molar-refractivity contribution in [2.45, 2.75) is 71.1 Å². The molecule has 0 radical (unpaired) electrons. The maximum absolute atomic E-state index is 4.50. The van der Waals surface area contributed by atoms with Gasteiger partial charge in [0.25, 0.3) is 0 Å². The standard InChI is InChI=1S/C16H29N5/c1-4-8-21-15(18-12-19-21)10-20-9-14(13-6-7-13)17-11-16(20,3)5-2/h12-14,17H,4-11H2,1-3H3. The Kier molecular flexibility index (Phi) is 4.31. The Balaban J connectivity index is 1.73. The maximum atomic E-state index is 4.50. The molecule has 21 heavy (non-hydrogen) atoms. The second kappa shape index (κ2) is 6.05. The molecule has 1 aliphatic heterocycles. The van der Waals surface area contributed by atoms with E-state index in [1.54, 1.807) is 6.33 Å². The van der Waals surface area contributed by atoms with E-state index in [1.165, 1.54) is 19.3 Å². The minimum absolute atomic E-state index is 0.231. The van der Waals surface area contributed by atoms with Crippen molar-refractivity contribution >= 4 is 0 Å². The van der Waals surface area contributed by atoms with Gasteiger partial charge in [0.1, 0.15) is 12.2 Å². The third-order valence-electron chi connectivity index (χ3n) is 5.34. The molecule has 1 saturated heterocycles. The number of aryl methyl sites for hydroxylation is 1. The van der Waals surface area contributed by atoms with E-state index in [1.807, 2.05) is 0 Å². The van der Waals surface area contributed by atoms with Crippen LogP contribution in [-0.2, 0) is 13.1 Å². The van der Waals surface area contributed by atoms with Crippen molar-refractivity contribution < 1.29 is 0 Å². The summed E-state index contributed by atoms with van der Waals surface area (Å²) in [5.74, 6) is 2.02. The van der Waals surface area contributed by atoms with Crippen LogP contribution < -0.4 is 5.32 Å². The molecular formula is C16H29N5. The van der Waals surface area contributed by atoms with Gasteiger partial charge < -0.3 is 5.32 Å². The van der Waals surface area contributed by atoms with Gasteiger partial charge in [-0.2, -0.15) is 5.10 Å². The third-order valence-corrected chi connectivity index (χ3v) is 5.34. The number of piperazine rings is 1. The van der Waals surface area contributed by atoms with Crippen LogP contribution in [0.1, 0.15) is 52.3 Å². The molecule has 0 amide bonds. The Hall–Kier alpha value is -0.940. The second-order valence-electron chi connectivity index (χ2n) is 6.96. The van der Waals surface area contributed by atoms with Gasteiger partial charge in [0.2, 0.25) is 0 Å². The van der Waals surface area contributed by atoms with E-state index in [-0.39, 0.29) is 5.54 Å². The lowest BCUT2D eigenvalue weighted by Gasteiger charge is -2.48. The summed E-state index contributed by atoms with van der Waals surface area (Å²) in [5.41, 5.74) is 0.231. The zero-order valence-corrected chi connectivity index (χ0v) is 13.7. The Morgan fingerprint density at radius 1 is 1.38 bits per heavy atom. The average Bonchev–Trinajstić information content (AvgIpc) is 3.25. The summed E-state index contributed by atoms with van der Waals surface area (Å²) >= 11 is 0. The summed E-state index contributed by atoms with van der Waals surface area (Å²) in [6.45, 7) is 11.0. The van der Waals surface area contributed by atoms with Crippen LogP contribution in [0, 0.1) is 5.92 Å². The first-order chi connectivity index (χ1) is 10.2. The van der Waals surface area contributed by atoms with Gasteiger partial charge in [-0.25, -0.2) is 9.67 Å². The second-order valence-corrected chi connectivity index (χ2v) is 6.96. The van der Waals surface area contributed by atoms with Crippen molar-refractivity contribution in [2.75, 3.05) is 13.1 Å². The van der Waals surface area contributed by atoms with Crippen LogP contribution >= 0.6 is 0 Å². The summed E-state index contributed by atoms with van der Waals surface area (Å²) in [6, 6.07) is 0.673. The Labute approximate surface area is 128 Å². The number of nitrogens with one attached hydrogen (secondary N) is 1. The van der Waals surface area contributed by atoms with E-state index in [0.717, 1.165) is 44.3 Å². The van der Waals surface area contributed by atoms with Crippen LogP contribution in [0.5, 0.6) is 0 Å². The first-order valence-corrected chi connectivity index (χ1v) is 8.51. The minimum atomic E-state index is 0.231. The molecule has 0 bridgehead atoms. The van der Waals surface area contributed by atoms with Gasteiger partial charge in [0, 0.05) is 31.2 Å². The van der Waals surface area contributed by atoms with Crippen LogP contribution in [0.2, 0.25) is 0 Å². The molecule has 1 aliphatic carbocycles. The number of hydrogen-bond donors (Lipinski definition) is 1. The van der Waals surface area contributed by atoms with E-state index < -0.39 is 0 Å². The molecule has 2 fully saturated rings. The number of rotatable bonds is 6. The van der Waals surface area contributed by atoms with Crippen molar-refractivity contribution in [3.63, 3.8) is 0 Å². The lowest BCUT2D eigenvalue weighted by atomic mass is 9.91.